The fourth-order valence-corrected chi connectivity index (χ4v) is 67.4. The zero-order valence-electron chi connectivity index (χ0n) is 55.1. The molecule has 3 aliphatic carbocycles. The summed E-state index contributed by atoms with van der Waals surface area (Å²) >= 11 is -6.18. The summed E-state index contributed by atoms with van der Waals surface area (Å²) in [5, 5.41) is 29.3. The minimum atomic E-state index is -2.20. The molecule has 0 nitrogen and oxygen atoms in total. The van der Waals surface area contributed by atoms with Crippen molar-refractivity contribution in [2.75, 3.05) is 0 Å². The van der Waals surface area contributed by atoms with E-state index in [1.165, 1.54) is 37.0 Å². The van der Waals surface area contributed by atoms with Crippen LogP contribution >= 0.6 is 0 Å². The van der Waals surface area contributed by atoms with Crippen LogP contribution < -0.4 is 15.6 Å². The molecule has 0 amide bonds. The van der Waals surface area contributed by atoms with Crippen molar-refractivity contribution in [1.82, 2.24) is 0 Å². The van der Waals surface area contributed by atoms with Crippen molar-refractivity contribution < 1.29 is 49.8 Å². The topological polar surface area (TPSA) is 0 Å². The Hall–Kier alpha value is -1.11. The monoisotopic (exact) mass is 1180 g/mol. The number of hydrogen-bond acceptors (Lipinski definition) is 0. The van der Waals surface area contributed by atoms with Crippen LogP contribution in [0.4, 0.5) is 0 Å². The Morgan fingerprint density at radius 2 is 0.658 bits per heavy atom. The molecule has 0 N–H and O–H groups in total. The first-order valence-electron chi connectivity index (χ1n) is 30.4. The summed E-state index contributed by atoms with van der Waals surface area (Å²) in [7, 11) is -5.37. The molecule has 0 aliphatic heterocycles. The summed E-state index contributed by atoms with van der Waals surface area (Å²) in [6, 6.07) is 40.3. The summed E-state index contributed by atoms with van der Waals surface area (Å²) in [5.74, 6) is 0. The third-order valence-corrected chi connectivity index (χ3v) is 59.7. The Morgan fingerprint density at radius 3 is 0.921 bits per heavy atom. The number of rotatable bonds is 17. The van der Waals surface area contributed by atoms with E-state index in [-0.39, 0.29) is 0 Å². The van der Waals surface area contributed by atoms with Crippen LogP contribution in [-0.2, 0) is 49.8 Å². The van der Waals surface area contributed by atoms with Crippen LogP contribution in [0.25, 0.3) is 0 Å². The van der Waals surface area contributed by atoms with Crippen LogP contribution in [0, 0.1) is 0 Å². The summed E-state index contributed by atoms with van der Waals surface area (Å²) in [6.07, 6.45) is 2.60. The molecule has 0 heterocycles. The van der Waals surface area contributed by atoms with Crippen molar-refractivity contribution in [2.24, 2.45) is 0 Å². The third kappa shape index (κ3) is 10.8. The van der Waals surface area contributed by atoms with E-state index in [0.29, 0.717) is 24.5 Å². The van der Waals surface area contributed by atoms with Gasteiger partial charge in [0.25, 0.3) is 0 Å². The van der Waals surface area contributed by atoms with Crippen molar-refractivity contribution in [2.45, 2.75) is 247 Å². The predicted octanol–water partition coefficient (Wildman–Crippen LogP) is 22.8. The first-order chi connectivity index (χ1) is 35.0. The molecule has 0 bridgehead atoms. The quantitative estimate of drug-likeness (QED) is 0.118. The van der Waals surface area contributed by atoms with Crippen LogP contribution in [0.5, 0.6) is 0 Å². The molecule has 0 saturated heterocycles. The van der Waals surface area contributed by atoms with Gasteiger partial charge in [-0.3, -0.25) is 0 Å². The van der Waals surface area contributed by atoms with Gasteiger partial charge in [-0.1, -0.05) is 0 Å². The minimum absolute atomic E-state index is 0.296. The molecule has 6 heteroatoms. The number of hydrogen-bond donors (Lipinski definition) is 0. The van der Waals surface area contributed by atoms with Gasteiger partial charge in [-0.15, -0.1) is 0 Å². The van der Waals surface area contributed by atoms with Gasteiger partial charge < -0.3 is 0 Å². The molecule has 0 radical (unpaired) electrons. The van der Waals surface area contributed by atoms with E-state index in [9.17, 15) is 0 Å². The van der Waals surface area contributed by atoms with E-state index in [2.05, 4.69) is 277 Å². The first kappa shape index (κ1) is 67.4. The summed E-state index contributed by atoms with van der Waals surface area (Å²) < 4.78 is 4.13. The van der Waals surface area contributed by atoms with Crippen molar-refractivity contribution in [3.63, 3.8) is 0 Å². The van der Waals surface area contributed by atoms with Gasteiger partial charge in [0, 0.05) is 0 Å². The van der Waals surface area contributed by atoms with Crippen LogP contribution in [-0.4, -0.2) is 24.2 Å². The average Bonchev–Trinajstić information content (AvgIpc) is 3.74. The molecule has 3 aromatic carbocycles. The molecule has 0 fully saturated rings. The molecule has 2 unspecified atom stereocenters. The second-order valence-electron chi connectivity index (χ2n) is 28.4. The molecule has 0 spiro atoms. The Kier molecular flexibility index (Phi) is 22.3. The molecular weight excluding hydrogens is 1070 g/mol. The summed E-state index contributed by atoms with van der Waals surface area (Å²) in [4.78, 5) is 0. The molecule has 0 saturated carbocycles. The van der Waals surface area contributed by atoms with E-state index in [4.69, 9.17) is 0 Å². The second kappa shape index (κ2) is 25.2. The third-order valence-electron chi connectivity index (χ3n) is 21.8. The van der Waals surface area contributed by atoms with E-state index < -0.39 is 74.0 Å². The standard InChI is InChI=1S/2C21H31Si.C19H27Si.9CH3.3Ti/c1-14(2)22(15(3)4,20-12-10-9-11-13-20)21-18(7)16(5)17(6)19(21)8;1-7-14-22(15-8-2,20-12-10-9-11-13-20)21(6)16-17(3)18(4)19(21)5;1-7-20(8-2,18-12-10-9-11-13-18)19(6)14-15(3)16(4)17(19)5;;;;;;;;;;;;/h9-15H,1-8H3;9-13H,7-8,14-15H2,1-6H3;9-13H,7-8H2,1-6H3;9*1H3;;;. The predicted molar refractivity (Wildman–Crippen MR) is 348 cm³/mol. The van der Waals surface area contributed by atoms with Crippen LogP contribution in [0.1, 0.15) is 151 Å². The zero-order valence-corrected chi connectivity index (χ0v) is 62.7. The normalized spacial score (nSPS) is 20.9. The molecule has 3 aliphatic rings. The second-order valence-corrected chi connectivity index (χ2v) is 68.3. The van der Waals surface area contributed by atoms with E-state index in [0.717, 1.165) is 0 Å². The van der Waals surface area contributed by atoms with E-state index in [1.54, 1.807) is 71.3 Å². The molecule has 420 valence electrons. The fourth-order valence-electron chi connectivity index (χ4n) is 18.8. The Bertz CT molecular complexity index is 2660. The maximum absolute atomic E-state index is 2.67. The maximum atomic E-state index is 2.67. The Morgan fingerprint density at radius 1 is 0.382 bits per heavy atom. The van der Waals surface area contributed by atoms with Gasteiger partial charge in [-0.2, -0.15) is 0 Å². The SMILES string of the molecule is CC1=C(C)[C]([Si](c2ccccc2)(C(C)C)C(C)C)([Ti]([CH3])([CH3])[CH3])C(C)=C1C.CCC[Si](CCC)(c1ccccc1)C1(C)C(C)=C(C)C(C)=[C]1[Ti]([CH3])([CH3])[CH3].CC[Si](CC)(c1ccccc1)C1(C)C(C)=C(C)C(C)=[C]1[Ti]([CH3])([CH3])[CH3]. The molecule has 6 rings (SSSR count). The molecule has 3 aromatic rings. The average molecular weight is 1190 g/mol. The fraction of sp³-hybridized carbons (Fsp3) is 0.571. The van der Waals surface area contributed by atoms with Crippen molar-refractivity contribution in [1.29, 1.82) is 0 Å². The van der Waals surface area contributed by atoms with Gasteiger partial charge in [0.1, 0.15) is 0 Å². The molecule has 2 atom stereocenters. The van der Waals surface area contributed by atoms with Gasteiger partial charge in [-0.25, -0.2) is 0 Å². The molecular formula is C70H116Si3Ti3. The van der Waals surface area contributed by atoms with Gasteiger partial charge in [0.2, 0.25) is 0 Å². The van der Waals surface area contributed by atoms with Gasteiger partial charge in [-0.05, 0) is 0 Å². The van der Waals surface area contributed by atoms with E-state index >= 15 is 0 Å². The summed E-state index contributed by atoms with van der Waals surface area (Å²) in [6.45, 7) is 49.4. The zero-order chi connectivity index (χ0) is 58.2. The van der Waals surface area contributed by atoms with Gasteiger partial charge in [0.15, 0.2) is 0 Å². The van der Waals surface area contributed by atoms with Crippen LogP contribution in [0.3, 0.4) is 0 Å². The Balaban J connectivity index is 0.000000247. The van der Waals surface area contributed by atoms with Crippen molar-refractivity contribution >= 4 is 39.8 Å². The molecule has 0 aromatic heterocycles. The first-order valence-corrected chi connectivity index (χ1v) is 53.7. The number of allylic oxidation sites excluding steroid dienone is 12. The van der Waals surface area contributed by atoms with E-state index in [1.807, 2.05) is 7.76 Å². The Labute approximate surface area is 486 Å². The summed E-state index contributed by atoms with van der Waals surface area (Å²) in [5.41, 5.74) is 17.9. The van der Waals surface area contributed by atoms with Gasteiger partial charge in [0.05, 0.1) is 0 Å². The van der Waals surface area contributed by atoms with Gasteiger partial charge >= 0.3 is 491 Å². The van der Waals surface area contributed by atoms with Crippen molar-refractivity contribution in [3.8, 4) is 0 Å². The van der Waals surface area contributed by atoms with Crippen molar-refractivity contribution in [3.05, 3.63) is 154 Å². The van der Waals surface area contributed by atoms with Crippen LogP contribution in [0.2, 0.25) is 95.7 Å². The molecule has 76 heavy (non-hydrogen) atoms. The number of benzene rings is 3. The van der Waals surface area contributed by atoms with Crippen LogP contribution in [0.15, 0.2) is 154 Å².